The average Bonchev–Trinajstić information content (AvgIpc) is 2.95. The molecular formula is C19H24N4O3. The normalized spacial score (nSPS) is 17.9. The SMILES string of the molecule is Cc1noc(CN2CCCCC(NC(=O)c3cccc(C)c3C)C2=O)n1. The highest BCUT2D eigenvalue weighted by molar-refractivity contribution is 5.98. The van der Waals surface area contributed by atoms with Crippen molar-refractivity contribution in [1.29, 1.82) is 0 Å². The molecule has 1 aromatic carbocycles. The maximum absolute atomic E-state index is 12.9. The van der Waals surface area contributed by atoms with Gasteiger partial charge in [0.1, 0.15) is 12.6 Å². The van der Waals surface area contributed by atoms with Crippen molar-refractivity contribution in [3.8, 4) is 0 Å². The van der Waals surface area contributed by atoms with Gasteiger partial charge >= 0.3 is 0 Å². The minimum absolute atomic E-state index is 0.1000. The third-order valence-corrected chi connectivity index (χ3v) is 4.83. The Morgan fingerprint density at radius 2 is 2.12 bits per heavy atom. The van der Waals surface area contributed by atoms with E-state index in [9.17, 15) is 9.59 Å². The molecular weight excluding hydrogens is 332 g/mol. The second-order valence-electron chi connectivity index (χ2n) is 6.76. The fraction of sp³-hybridized carbons (Fsp3) is 0.474. The predicted molar refractivity (Wildman–Crippen MR) is 95.5 cm³/mol. The number of aromatic nitrogens is 2. The summed E-state index contributed by atoms with van der Waals surface area (Å²) in [4.78, 5) is 31.4. The average molecular weight is 356 g/mol. The van der Waals surface area contributed by atoms with E-state index in [0.29, 0.717) is 30.2 Å². The quantitative estimate of drug-likeness (QED) is 0.908. The van der Waals surface area contributed by atoms with E-state index in [-0.39, 0.29) is 18.4 Å². The van der Waals surface area contributed by atoms with Crippen molar-refractivity contribution in [2.45, 2.75) is 52.6 Å². The zero-order valence-electron chi connectivity index (χ0n) is 15.4. The molecule has 1 N–H and O–H groups in total. The Morgan fingerprint density at radius 3 is 2.85 bits per heavy atom. The number of nitrogens with one attached hydrogen (secondary N) is 1. The van der Waals surface area contributed by atoms with E-state index in [0.717, 1.165) is 24.0 Å². The zero-order valence-corrected chi connectivity index (χ0v) is 15.4. The van der Waals surface area contributed by atoms with Crippen molar-refractivity contribution >= 4 is 11.8 Å². The molecule has 1 aliphatic rings. The molecule has 3 rings (SSSR count). The fourth-order valence-electron chi connectivity index (χ4n) is 3.20. The van der Waals surface area contributed by atoms with Crippen LogP contribution < -0.4 is 5.32 Å². The van der Waals surface area contributed by atoms with E-state index in [2.05, 4.69) is 15.5 Å². The van der Waals surface area contributed by atoms with Gasteiger partial charge in [-0.3, -0.25) is 9.59 Å². The number of hydrogen-bond donors (Lipinski definition) is 1. The first-order valence-corrected chi connectivity index (χ1v) is 8.90. The lowest BCUT2D eigenvalue weighted by atomic mass is 10.0. The molecule has 0 radical (unpaired) electrons. The van der Waals surface area contributed by atoms with Gasteiger partial charge in [-0.2, -0.15) is 4.98 Å². The number of benzene rings is 1. The maximum atomic E-state index is 12.9. The van der Waals surface area contributed by atoms with Crippen LogP contribution in [0.4, 0.5) is 0 Å². The third-order valence-electron chi connectivity index (χ3n) is 4.83. The minimum atomic E-state index is -0.533. The van der Waals surface area contributed by atoms with Crippen LogP contribution in [-0.4, -0.2) is 39.4 Å². The van der Waals surface area contributed by atoms with Crippen molar-refractivity contribution < 1.29 is 14.1 Å². The van der Waals surface area contributed by atoms with Gasteiger partial charge in [0.05, 0.1) is 0 Å². The number of carbonyl (C=O) groups excluding carboxylic acids is 2. The molecule has 2 amide bonds. The van der Waals surface area contributed by atoms with Crippen LogP contribution in [0, 0.1) is 20.8 Å². The van der Waals surface area contributed by atoms with Crippen LogP contribution in [0.25, 0.3) is 0 Å². The Bertz CT molecular complexity index is 815. The van der Waals surface area contributed by atoms with Crippen LogP contribution in [0.5, 0.6) is 0 Å². The minimum Gasteiger partial charge on any atom is -0.340 e. The summed E-state index contributed by atoms with van der Waals surface area (Å²) in [7, 11) is 0. The number of carbonyl (C=O) groups is 2. The summed E-state index contributed by atoms with van der Waals surface area (Å²) in [6.45, 7) is 6.52. The van der Waals surface area contributed by atoms with Gasteiger partial charge < -0.3 is 14.7 Å². The molecule has 2 heterocycles. The first-order valence-electron chi connectivity index (χ1n) is 8.90. The van der Waals surface area contributed by atoms with Gasteiger partial charge in [-0.25, -0.2) is 0 Å². The lowest BCUT2D eigenvalue weighted by molar-refractivity contribution is -0.133. The second-order valence-corrected chi connectivity index (χ2v) is 6.76. The first-order chi connectivity index (χ1) is 12.5. The lowest BCUT2D eigenvalue weighted by Gasteiger charge is -2.23. The van der Waals surface area contributed by atoms with Crippen LogP contribution in [0.1, 0.15) is 52.5 Å². The Kier molecular flexibility index (Phi) is 5.35. The maximum Gasteiger partial charge on any atom is 0.252 e. The summed E-state index contributed by atoms with van der Waals surface area (Å²) in [5, 5.41) is 6.68. The van der Waals surface area contributed by atoms with Crippen LogP contribution in [0.2, 0.25) is 0 Å². The predicted octanol–water partition coefficient (Wildman–Crippen LogP) is 2.31. The monoisotopic (exact) mass is 356 g/mol. The van der Waals surface area contributed by atoms with E-state index < -0.39 is 6.04 Å². The van der Waals surface area contributed by atoms with Crippen molar-refractivity contribution in [2.75, 3.05) is 6.54 Å². The molecule has 1 aliphatic heterocycles. The number of amides is 2. The number of nitrogens with zero attached hydrogens (tertiary/aromatic N) is 3. The van der Waals surface area contributed by atoms with E-state index in [1.807, 2.05) is 26.0 Å². The molecule has 1 unspecified atom stereocenters. The molecule has 1 fully saturated rings. The number of likely N-dealkylation sites (tertiary alicyclic amines) is 1. The third kappa shape index (κ3) is 3.92. The number of hydrogen-bond acceptors (Lipinski definition) is 5. The highest BCUT2D eigenvalue weighted by atomic mass is 16.5. The van der Waals surface area contributed by atoms with Crippen LogP contribution in [-0.2, 0) is 11.3 Å². The molecule has 2 aromatic rings. The first kappa shape index (κ1) is 18.1. The summed E-state index contributed by atoms with van der Waals surface area (Å²) in [6.07, 6.45) is 2.40. The molecule has 0 saturated carbocycles. The van der Waals surface area contributed by atoms with E-state index in [1.165, 1.54) is 0 Å². The van der Waals surface area contributed by atoms with E-state index in [1.54, 1.807) is 17.9 Å². The topological polar surface area (TPSA) is 88.3 Å². The summed E-state index contributed by atoms with van der Waals surface area (Å²) in [5.74, 6) is 0.649. The van der Waals surface area contributed by atoms with Gasteiger partial charge in [0.25, 0.3) is 5.91 Å². The number of aryl methyl sites for hydroxylation is 2. The molecule has 0 aliphatic carbocycles. The smallest absolute Gasteiger partial charge is 0.252 e. The van der Waals surface area contributed by atoms with Crippen LogP contribution in [0.3, 0.4) is 0 Å². The van der Waals surface area contributed by atoms with Crippen molar-refractivity contribution in [2.24, 2.45) is 0 Å². The van der Waals surface area contributed by atoms with E-state index in [4.69, 9.17) is 4.52 Å². The fourth-order valence-corrected chi connectivity index (χ4v) is 3.20. The Labute approximate surface area is 152 Å². The second kappa shape index (κ2) is 7.68. The van der Waals surface area contributed by atoms with Gasteiger partial charge in [0.15, 0.2) is 5.82 Å². The van der Waals surface area contributed by atoms with Crippen LogP contribution >= 0.6 is 0 Å². The lowest BCUT2D eigenvalue weighted by Crippen LogP contribution is -2.47. The Hall–Kier alpha value is -2.70. The highest BCUT2D eigenvalue weighted by Crippen LogP contribution is 2.17. The zero-order chi connectivity index (χ0) is 18.7. The van der Waals surface area contributed by atoms with Gasteiger partial charge in [0.2, 0.25) is 11.8 Å². The van der Waals surface area contributed by atoms with Gasteiger partial charge in [-0.15, -0.1) is 0 Å². The Balaban J connectivity index is 1.72. The van der Waals surface area contributed by atoms with Crippen molar-refractivity contribution in [1.82, 2.24) is 20.4 Å². The largest absolute Gasteiger partial charge is 0.340 e. The van der Waals surface area contributed by atoms with Crippen molar-refractivity contribution in [3.63, 3.8) is 0 Å². The standard InChI is InChI=1S/C19H24N4O3/c1-12-7-6-8-15(13(12)2)18(24)21-16-9-4-5-10-23(19(16)25)11-17-20-14(3)22-26-17/h6-8,16H,4-5,9-11H2,1-3H3,(H,21,24). The molecule has 26 heavy (non-hydrogen) atoms. The summed E-state index contributed by atoms with van der Waals surface area (Å²) in [6, 6.07) is 5.08. The summed E-state index contributed by atoms with van der Waals surface area (Å²) in [5.41, 5.74) is 2.60. The summed E-state index contributed by atoms with van der Waals surface area (Å²) < 4.78 is 5.13. The molecule has 1 saturated heterocycles. The Morgan fingerprint density at radius 1 is 1.31 bits per heavy atom. The molecule has 7 heteroatoms. The van der Waals surface area contributed by atoms with E-state index >= 15 is 0 Å². The molecule has 0 bridgehead atoms. The van der Waals surface area contributed by atoms with Gasteiger partial charge in [-0.1, -0.05) is 17.3 Å². The van der Waals surface area contributed by atoms with Gasteiger partial charge in [0, 0.05) is 12.1 Å². The molecule has 1 atom stereocenters. The molecule has 7 nitrogen and oxygen atoms in total. The summed E-state index contributed by atoms with van der Waals surface area (Å²) >= 11 is 0. The molecule has 138 valence electrons. The highest BCUT2D eigenvalue weighted by Gasteiger charge is 2.29. The van der Waals surface area contributed by atoms with Crippen LogP contribution in [0.15, 0.2) is 22.7 Å². The van der Waals surface area contributed by atoms with Gasteiger partial charge in [-0.05, 0) is 57.2 Å². The molecule has 0 spiro atoms. The molecule has 1 aromatic heterocycles. The van der Waals surface area contributed by atoms with Crippen molar-refractivity contribution in [3.05, 3.63) is 46.6 Å². The number of rotatable bonds is 4.